The lowest BCUT2D eigenvalue weighted by atomic mass is 10.0. The first-order chi connectivity index (χ1) is 14.1. The summed E-state index contributed by atoms with van der Waals surface area (Å²) >= 11 is 0. The van der Waals surface area contributed by atoms with Crippen LogP contribution in [0, 0.1) is 5.92 Å². The minimum atomic E-state index is 0. The molecule has 170 valence electrons. The molecule has 2 N–H and O–H groups in total. The summed E-state index contributed by atoms with van der Waals surface area (Å²) in [5.41, 5.74) is 1.31. The lowest BCUT2D eigenvalue weighted by Crippen LogP contribution is -2.50. The number of guanidine groups is 1. The largest absolute Gasteiger partial charge is 0.493 e. The Morgan fingerprint density at radius 3 is 2.37 bits per heavy atom. The zero-order chi connectivity index (χ0) is 20.5. The van der Waals surface area contributed by atoms with Crippen molar-refractivity contribution in [2.24, 2.45) is 10.9 Å². The van der Waals surface area contributed by atoms with Gasteiger partial charge >= 0.3 is 0 Å². The van der Waals surface area contributed by atoms with Gasteiger partial charge in [0.05, 0.1) is 6.61 Å². The second-order valence-electron chi connectivity index (χ2n) is 8.99. The van der Waals surface area contributed by atoms with E-state index in [-0.39, 0.29) is 24.0 Å². The van der Waals surface area contributed by atoms with Gasteiger partial charge < -0.3 is 20.3 Å². The molecule has 0 atom stereocenters. The highest BCUT2D eigenvalue weighted by atomic mass is 127. The van der Waals surface area contributed by atoms with E-state index in [9.17, 15) is 0 Å². The van der Waals surface area contributed by atoms with Crippen LogP contribution in [0.15, 0.2) is 29.3 Å². The molecule has 2 aliphatic rings. The molecule has 30 heavy (non-hydrogen) atoms. The predicted molar refractivity (Wildman–Crippen MR) is 137 cm³/mol. The molecule has 3 rings (SSSR count). The average Bonchev–Trinajstić information content (AvgIpc) is 3.28. The van der Waals surface area contributed by atoms with E-state index in [1.54, 1.807) is 0 Å². The third-order valence-corrected chi connectivity index (χ3v) is 6.15. The number of benzene rings is 1. The van der Waals surface area contributed by atoms with Crippen LogP contribution in [-0.2, 0) is 6.42 Å². The van der Waals surface area contributed by atoms with Gasteiger partial charge in [-0.2, -0.15) is 0 Å². The van der Waals surface area contributed by atoms with E-state index < -0.39 is 0 Å². The Morgan fingerprint density at radius 2 is 1.77 bits per heavy atom. The number of halogens is 1. The fourth-order valence-electron chi connectivity index (χ4n) is 4.41. The summed E-state index contributed by atoms with van der Waals surface area (Å²) < 4.78 is 5.76. The van der Waals surface area contributed by atoms with Gasteiger partial charge in [0.15, 0.2) is 5.96 Å². The molecule has 0 aromatic heterocycles. The van der Waals surface area contributed by atoms with Crippen LogP contribution in [0.5, 0.6) is 5.75 Å². The lowest BCUT2D eigenvalue weighted by molar-refractivity contribution is 0.150. The molecule has 1 saturated carbocycles. The summed E-state index contributed by atoms with van der Waals surface area (Å²) in [6.45, 7) is 8.43. The molecule has 1 aromatic rings. The zero-order valence-corrected chi connectivity index (χ0v) is 21.4. The van der Waals surface area contributed by atoms with Crippen molar-refractivity contribution in [3.05, 3.63) is 29.8 Å². The molecule has 1 aliphatic heterocycles. The topological polar surface area (TPSA) is 48.9 Å². The molecule has 0 amide bonds. The Bertz CT molecular complexity index is 621. The summed E-state index contributed by atoms with van der Waals surface area (Å²) in [5.74, 6) is 2.44. The van der Waals surface area contributed by atoms with Gasteiger partial charge in [-0.15, -0.1) is 24.0 Å². The van der Waals surface area contributed by atoms with Crippen molar-refractivity contribution < 1.29 is 4.74 Å². The lowest BCUT2D eigenvalue weighted by Gasteiger charge is -2.36. The molecular formula is C24H41IN4O. The van der Waals surface area contributed by atoms with Crippen molar-refractivity contribution in [1.82, 2.24) is 15.5 Å². The maximum atomic E-state index is 5.76. The van der Waals surface area contributed by atoms with Crippen LogP contribution < -0.4 is 15.4 Å². The van der Waals surface area contributed by atoms with Crippen LogP contribution in [0.1, 0.15) is 57.9 Å². The fourth-order valence-corrected chi connectivity index (χ4v) is 4.41. The maximum absolute atomic E-state index is 5.76. The Balaban J connectivity index is 0.00000320. The number of piperidine rings is 1. The Labute approximate surface area is 200 Å². The van der Waals surface area contributed by atoms with E-state index in [1.165, 1.54) is 57.2 Å². The molecule has 2 fully saturated rings. The highest BCUT2D eigenvalue weighted by Crippen LogP contribution is 2.26. The average molecular weight is 529 g/mol. The predicted octanol–water partition coefficient (Wildman–Crippen LogP) is 4.45. The van der Waals surface area contributed by atoms with E-state index in [0.717, 1.165) is 37.3 Å². The molecule has 1 heterocycles. The van der Waals surface area contributed by atoms with E-state index in [4.69, 9.17) is 4.74 Å². The first-order valence-corrected chi connectivity index (χ1v) is 11.6. The highest BCUT2D eigenvalue weighted by Gasteiger charge is 2.27. The van der Waals surface area contributed by atoms with Gasteiger partial charge in [-0.25, -0.2) is 0 Å². The van der Waals surface area contributed by atoms with Crippen LogP contribution in [0.3, 0.4) is 0 Å². The van der Waals surface area contributed by atoms with Crippen LogP contribution in [-0.4, -0.2) is 56.2 Å². The number of hydrogen-bond acceptors (Lipinski definition) is 3. The minimum Gasteiger partial charge on any atom is -0.493 e. The van der Waals surface area contributed by atoms with Crippen LogP contribution in [0.2, 0.25) is 0 Å². The van der Waals surface area contributed by atoms with Gasteiger partial charge in [-0.1, -0.05) is 38.8 Å². The first kappa shape index (κ1) is 25.2. The summed E-state index contributed by atoms with van der Waals surface area (Å²) in [6.07, 6.45) is 9.08. The third-order valence-electron chi connectivity index (χ3n) is 6.15. The molecule has 1 aromatic carbocycles. The highest BCUT2D eigenvalue weighted by molar-refractivity contribution is 14.0. The summed E-state index contributed by atoms with van der Waals surface area (Å²) in [6, 6.07) is 9.86. The van der Waals surface area contributed by atoms with Crippen molar-refractivity contribution in [3.63, 3.8) is 0 Å². The van der Waals surface area contributed by atoms with E-state index >= 15 is 0 Å². The number of likely N-dealkylation sites (tertiary alicyclic amines) is 1. The summed E-state index contributed by atoms with van der Waals surface area (Å²) in [4.78, 5) is 7.14. The molecule has 0 spiro atoms. The molecule has 5 nitrogen and oxygen atoms in total. The molecule has 6 heteroatoms. The Hall–Kier alpha value is -1.02. The number of hydrogen-bond donors (Lipinski definition) is 2. The molecule has 0 unspecified atom stereocenters. The number of nitrogens with zero attached hydrogens (tertiary/aromatic N) is 2. The molecular weight excluding hydrogens is 487 g/mol. The first-order valence-electron chi connectivity index (χ1n) is 11.6. The standard InChI is InChI=1S/C24H40N4O.HI/c1-19(2)18-29-23-10-8-20(9-11-23)12-15-26-24(25-3)27-21-13-16-28(17-14-21)22-6-4-5-7-22;/h8-11,19,21-22H,4-7,12-18H2,1-3H3,(H2,25,26,27);1H. The van der Waals surface area contributed by atoms with Crippen molar-refractivity contribution >= 4 is 29.9 Å². The van der Waals surface area contributed by atoms with Crippen LogP contribution in [0.4, 0.5) is 0 Å². The third kappa shape index (κ3) is 8.25. The quantitative estimate of drug-likeness (QED) is 0.298. The van der Waals surface area contributed by atoms with Crippen LogP contribution in [0.25, 0.3) is 0 Å². The monoisotopic (exact) mass is 528 g/mol. The van der Waals surface area contributed by atoms with Gasteiger partial charge in [-0.05, 0) is 55.7 Å². The Kier molecular flexibility index (Phi) is 11.3. The van der Waals surface area contributed by atoms with E-state index in [2.05, 4.69) is 58.6 Å². The Morgan fingerprint density at radius 1 is 1.10 bits per heavy atom. The van der Waals surface area contributed by atoms with Crippen molar-refractivity contribution in [1.29, 1.82) is 0 Å². The second kappa shape index (κ2) is 13.4. The van der Waals surface area contributed by atoms with Crippen molar-refractivity contribution in [2.75, 3.05) is 33.3 Å². The van der Waals surface area contributed by atoms with E-state index in [1.807, 2.05) is 7.05 Å². The molecule has 1 aliphatic carbocycles. The van der Waals surface area contributed by atoms with Gasteiger partial charge in [0.2, 0.25) is 0 Å². The summed E-state index contributed by atoms with van der Waals surface area (Å²) in [5, 5.41) is 7.11. The molecule has 0 bridgehead atoms. The van der Waals surface area contributed by atoms with Crippen molar-refractivity contribution in [3.8, 4) is 5.75 Å². The maximum Gasteiger partial charge on any atom is 0.191 e. The fraction of sp³-hybridized carbons (Fsp3) is 0.708. The van der Waals surface area contributed by atoms with E-state index in [0.29, 0.717) is 12.0 Å². The zero-order valence-electron chi connectivity index (χ0n) is 19.0. The van der Waals surface area contributed by atoms with Crippen LogP contribution >= 0.6 is 24.0 Å². The number of nitrogens with one attached hydrogen (secondary N) is 2. The summed E-state index contributed by atoms with van der Waals surface area (Å²) in [7, 11) is 1.86. The van der Waals surface area contributed by atoms with Gasteiger partial charge in [0.1, 0.15) is 5.75 Å². The van der Waals surface area contributed by atoms with Gasteiger partial charge in [-0.3, -0.25) is 4.99 Å². The SMILES string of the molecule is CN=C(NCCc1ccc(OCC(C)C)cc1)NC1CCN(C2CCCC2)CC1.I. The molecule has 1 saturated heterocycles. The normalized spacial score (nSPS) is 19.0. The van der Waals surface area contributed by atoms with Gasteiger partial charge in [0, 0.05) is 38.8 Å². The number of ether oxygens (including phenoxy) is 1. The second-order valence-corrected chi connectivity index (χ2v) is 8.99. The molecule has 0 radical (unpaired) electrons. The smallest absolute Gasteiger partial charge is 0.191 e. The van der Waals surface area contributed by atoms with Gasteiger partial charge in [0.25, 0.3) is 0 Å². The number of aliphatic imine (C=N–C) groups is 1. The minimum absolute atomic E-state index is 0. The van der Waals surface area contributed by atoms with Crippen molar-refractivity contribution in [2.45, 2.75) is 70.9 Å². The number of rotatable bonds is 8.